The summed E-state index contributed by atoms with van der Waals surface area (Å²) in [5.74, 6) is -0.265. The van der Waals surface area contributed by atoms with Gasteiger partial charge in [0.15, 0.2) is 0 Å². The normalized spacial score (nSPS) is 11.4. The molecule has 0 aliphatic rings. The van der Waals surface area contributed by atoms with E-state index in [0.717, 1.165) is 24.3 Å². The minimum Gasteiger partial charge on any atom is -0.497 e. The number of amides is 1. The van der Waals surface area contributed by atoms with Crippen LogP contribution in [0.1, 0.15) is 15.9 Å². The number of methoxy groups -OCH3 is 1. The van der Waals surface area contributed by atoms with Gasteiger partial charge >= 0.3 is 6.18 Å². The Morgan fingerprint density at radius 3 is 2.42 bits per heavy atom. The lowest BCUT2D eigenvalue weighted by molar-refractivity contribution is -0.137. The van der Waals surface area contributed by atoms with Crippen molar-refractivity contribution in [3.05, 3.63) is 70.0 Å². The van der Waals surface area contributed by atoms with Crippen LogP contribution in [0.4, 0.5) is 18.9 Å². The Hall–Kier alpha value is -3.29. The first-order valence-electron chi connectivity index (χ1n) is 7.47. The van der Waals surface area contributed by atoms with Gasteiger partial charge in [0.2, 0.25) is 5.43 Å². The van der Waals surface area contributed by atoms with Crippen molar-refractivity contribution in [1.82, 2.24) is 4.98 Å². The van der Waals surface area contributed by atoms with E-state index in [1.165, 1.54) is 19.4 Å². The summed E-state index contributed by atoms with van der Waals surface area (Å²) >= 11 is 0. The van der Waals surface area contributed by atoms with Crippen LogP contribution >= 0.6 is 0 Å². The fourth-order valence-electron chi connectivity index (χ4n) is 2.43. The highest BCUT2D eigenvalue weighted by atomic mass is 19.4. The molecule has 0 bridgehead atoms. The number of anilines is 1. The van der Waals surface area contributed by atoms with Crippen LogP contribution in [0.3, 0.4) is 0 Å². The molecule has 0 aliphatic carbocycles. The van der Waals surface area contributed by atoms with Crippen molar-refractivity contribution in [2.45, 2.75) is 6.18 Å². The Morgan fingerprint density at radius 1 is 1.12 bits per heavy atom. The van der Waals surface area contributed by atoms with Gasteiger partial charge in [-0.3, -0.25) is 9.59 Å². The molecule has 134 valence electrons. The Kier molecular flexibility index (Phi) is 4.41. The topological polar surface area (TPSA) is 71.2 Å². The maximum atomic E-state index is 12.6. The number of carbonyl (C=O) groups excluding carboxylic acids is 1. The van der Waals surface area contributed by atoms with E-state index in [1.54, 1.807) is 12.1 Å². The number of fused-ring (bicyclic) bond motifs is 1. The molecule has 0 aliphatic heterocycles. The molecular formula is C18H13F3N2O3. The summed E-state index contributed by atoms with van der Waals surface area (Å²) in [4.78, 5) is 27.7. The van der Waals surface area contributed by atoms with Gasteiger partial charge in [-0.05, 0) is 42.5 Å². The molecular weight excluding hydrogens is 349 g/mol. The van der Waals surface area contributed by atoms with Crippen molar-refractivity contribution < 1.29 is 22.7 Å². The third-order valence-corrected chi connectivity index (χ3v) is 3.80. The summed E-state index contributed by atoms with van der Waals surface area (Å²) in [6.45, 7) is 0. The molecule has 0 spiro atoms. The van der Waals surface area contributed by atoms with Crippen molar-refractivity contribution >= 4 is 22.5 Å². The maximum Gasteiger partial charge on any atom is 0.416 e. The zero-order valence-corrected chi connectivity index (χ0v) is 13.5. The number of hydrogen-bond donors (Lipinski definition) is 2. The lowest BCUT2D eigenvalue weighted by Gasteiger charge is -2.09. The van der Waals surface area contributed by atoms with Crippen LogP contribution in [0, 0.1) is 0 Å². The zero-order valence-electron chi connectivity index (χ0n) is 13.5. The molecule has 3 aromatic rings. The Morgan fingerprint density at radius 2 is 1.81 bits per heavy atom. The Balaban J connectivity index is 1.90. The zero-order chi connectivity index (χ0) is 18.9. The van der Waals surface area contributed by atoms with Gasteiger partial charge in [0.1, 0.15) is 11.3 Å². The van der Waals surface area contributed by atoms with Gasteiger partial charge in [0.25, 0.3) is 5.91 Å². The van der Waals surface area contributed by atoms with Crippen LogP contribution in [0.15, 0.2) is 53.5 Å². The van der Waals surface area contributed by atoms with Crippen molar-refractivity contribution in [2.24, 2.45) is 0 Å². The van der Waals surface area contributed by atoms with Gasteiger partial charge in [-0.25, -0.2) is 0 Å². The molecule has 0 radical (unpaired) electrons. The average Bonchev–Trinajstić information content (AvgIpc) is 2.61. The van der Waals surface area contributed by atoms with E-state index in [-0.39, 0.29) is 16.6 Å². The number of nitrogens with one attached hydrogen (secondary N) is 2. The first kappa shape index (κ1) is 17.5. The Bertz CT molecular complexity index is 1020. The fraction of sp³-hybridized carbons (Fsp3) is 0.111. The van der Waals surface area contributed by atoms with Crippen LogP contribution in [-0.4, -0.2) is 18.0 Å². The quantitative estimate of drug-likeness (QED) is 0.744. The summed E-state index contributed by atoms with van der Waals surface area (Å²) in [5.41, 5.74) is -0.825. The van der Waals surface area contributed by atoms with Crippen LogP contribution in [0.2, 0.25) is 0 Å². The van der Waals surface area contributed by atoms with E-state index in [1.807, 2.05) is 0 Å². The van der Waals surface area contributed by atoms with E-state index in [4.69, 9.17) is 4.74 Å². The van der Waals surface area contributed by atoms with Gasteiger partial charge in [0.05, 0.1) is 12.7 Å². The molecule has 3 rings (SSSR count). The molecule has 26 heavy (non-hydrogen) atoms. The van der Waals surface area contributed by atoms with Crippen molar-refractivity contribution in [1.29, 1.82) is 0 Å². The highest BCUT2D eigenvalue weighted by Gasteiger charge is 2.30. The minimum atomic E-state index is -4.46. The second kappa shape index (κ2) is 6.55. The number of H-pyrrole nitrogens is 1. The van der Waals surface area contributed by atoms with Crippen LogP contribution in [0.5, 0.6) is 5.75 Å². The predicted molar refractivity (Wildman–Crippen MR) is 90.5 cm³/mol. The number of aromatic amines is 1. The lowest BCUT2D eigenvalue weighted by atomic mass is 10.1. The monoisotopic (exact) mass is 362 g/mol. The molecule has 1 amide bonds. The molecule has 1 aromatic heterocycles. The number of pyridine rings is 1. The molecule has 0 saturated carbocycles. The maximum absolute atomic E-state index is 12.6. The van der Waals surface area contributed by atoms with Gasteiger partial charge in [-0.15, -0.1) is 0 Å². The average molecular weight is 362 g/mol. The van der Waals surface area contributed by atoms with Crippen LogP contribution in [0.25, 0.3) is 10.9 Å². The van der Waals surface area contributed by atoms with Crippen LogP contribution < -0.4 is 15.5 Å². The van der Waals surface area contributed by atoms with Gasteiger partial charge < -0.3 is 15.0 Å². The number of rotatable bonds is 3. The van der Waals surface area contributed by atoms with Crippen molar-refractivity contribution in [3.8, 4) is 5.75 Å². The molecule has 0 unspecified atom stereocenters. The number of carbonyl (C=O) groups is 1. The second-order valence-electron chi connectivity index (χ2n) is 5.47. The molecule has 0 saturated heterocycles. The number of halogens is 3. The standard InChI is InChI=1S/C18H13F3N2O3/c1-26-12-6-7-15-13(8-12)16(24)14(9-22-15)17(25)23-11-4-2-10(3-5-11)18(19,20)21/h2-9H,1H3,(H,22,24)(H,23,25). The molecule has 0 fully saturated rings. The summed E-state index contributed by atoms with van der Waals surface area (Å²) < 4.78 is 42.8. The summed E-state index contributed by atoms with van der Waals surface area (Å²) in [6.07, 6.45) is -3.20. The van der Waals surface area contributed by atoms with Gasteiger partial charge in [-0.2, -0.15) is 13.2 Å². The molecule has 8 heteroatoms. The smallest absolute Gasteiger partial charge is 0.416 e. The predicted octanol–water partition coefficient (Wildman–Crippen LogP) is 3.81. The third-order valence-electron chi connectivity index (χ3n) is 3.80. The van der Waals surface area contributed by atoms with E-state index in [0.29, 0.717) is 11.3 Å². The second-order valence-corrected chi connectivity index (χ2v) is 5.47. The molecule has 2 aromatic carbocycles. The van der Waals surface area contributed by atoms with E-state index in [2.05, 4.69) is 10.3 Å². The summed E-state index contributed by atoms with van der Waals surface area (Å²) in [5, 5.41) is 2.68. The largest absolute Gasteiger partial charge is 0.497 e. The summed E-state index contributed by atoms with van der Waals surface area (Å²) in [6, 6.07) is 8.77. The van der Waals surface area contributed by atoms with Gasteiger partial charge in [0, 0.05) is 22.8 Å². The SMILES string of the molecule is COc1ccc2[nH]cc(C(=O)Nc3ccc(C(F)(F)F)cc3)c(=O)c2c1. The number of ether oxygens (including phenoxy) is 1. The van der Waals surface area contributed by atoms with Gasteiger partial charge in [-0.1, -0.05) is 0 Å². The lowest BCUT2D eigenvalue weighted by Crippen LogP contribution is -2.22. The number of hydrogen-bond acceptors (Lipinski definition) is 3. The summed E-state index contributed by atoms with van der Waals surface area (Å²) in [7, 11) is 1.45. The number of alkyl halides is 3. The van der Waals surface area contributed by atoms with E-state index >= 15 is 0 Å². The highest BCUT2D eigenvalue weighted by Crippen LogP contribution is 2.29. The number of benzene rings is 2. The molecule has 1 heterocycles. The molecule has 2 N–H and O–H groups in total. The minimum absolute atomic E-state index is 0.146. The van der Waals surface area contributed by atoms with E-state index in [9.17, 15) is 22.8 Å². The molecule has 5 nitrogen and oxygen atoms in total. The van der Waals surface area contributed by atoms with Crippen molar-refractivity contribution in [3.63, 3.8) is 0 Å². The number of aromatic nitrogens is 1. The fourth-order valence-corrected chi connectivity index (χ4v) is 2.43. The Labute approximate surface area is 145 Å². The van der Waals surface area contributed by atoms with Crippen molar-refractivity contribution in [2.75, 3.05) is 12.4 Å². The first-order chi connectivity index (χ1) is 12.3. The third kappa shape index (κ3) is 3.39. The molecule has 0 atom stereocenters. The first-order valence-corrected chi connectivity index (χ1v) is 7.47. The van der Waals surface area contributed by atoms with Crippen LogP contribution in [-0.2, 0) is 6.18 Å². The highest BCUT2D eigenvalue weighted by molar-refractivity contribution is 6.05. The van der Waals surface area contributed by atoms with E-state index < -0.39 is 23.1 Å².